The van der Waals surface area contributed by atoms with E-state index in [-0.39, 0.29) is 5.91 Å². The highest BCUT2D eigenvalue weighted by atomic mass is 35.5. The van der Waals surface area contributed by atoms with Crippen LogP contribution in [0.25, 0.3) is 0 Å². The molecule has 0 spiro atoms. The van der Waals surface area contributed by atoms with Gasteiger partial charge in [0.1, 0.15) is 0 Å². The van der Waals surface area contributed by atoms with Crippen LogP contribution in [0, 0.1) is 0 Å². The van der Waals surface area contributed by atoms with Crippen molar-refractivity contribution in [1.82, 2.24) is 0 Å². The summed E-state index contributed by atoms with van der Waals surface area (Å²) in [5, 5.41) is 2.62. The molecule has 1 aromatic carbocycles. The summed E-state index contributed by atoms with van der Waals surface area (Å²) in [6, 6.07) is 7.41. The first-order chi connectivity index (χ1) is 11.2. The third-order valence-electron chi connectivity index (χ3n) is 3.81. The smallest absolute Gasteiger partial charge is 0.258 e. The minimum absolute atomic E-state index is 0.0158. The average molecular weight is 351 g/mol. The molecule has 1 aliphatic rings. The molecule has 5 heteroatoms. The average Bonchev–Trinajstić information content (AvgIpc) is 2.95. The molecule has 23 heavy (non-hydrogen) atoms. The number of nitrogens with two attached hydrogens (primary N) is 1. The van der Waals surface area contributed by atoms with Gasteiger partial charge in [0, 0.05) is 28.6 Å². The normalized spacial score (nSPS) is 13.7. The predicted molar refractivity (Wildman–Crippen MR) is 99.6 cm³/mol. The predicted octanol–water partition coefficient (Wildman–Crippen LogP) is 4.87. The van der Waals surface area contributed by atoms with Crippen molar-refractivity contribution in [2.75, 3.05) is 11.4 Å². The van der Waals surface area contributed by atoms with E-state index in [2.05, 4.69) is 5.38 Å². The zero-order valence-corrected chi connectivity index (χ0v) is 15.2. The molecule has 0 aliphatic carbocycles. The molecule has 0 saturated heterocycles. The maximum atomic E-state index is 12.8. The van der Waals surface area contributed by atoms with Gasteiger partial charge in [-0.25, -0.2) is 0 Å². The molecule has 2 heterocycles. The van der Waals surface area contributed by atoms with E-state index in [1.54, 1.807) is 17.4 Å². The quantitative estimate of drug-likeness (QED) is 0.839. The number of fused-ring (bicyclic) bond motifs is 1. The molecule has 2 N–H and O–H groups in total. The SMILES string of the molecule is CC.NCc1ccc(C(=O)N2CCCCc3sccc32)cc1Cl. The molecular formula is C18H23ClN2OS. The van der Waals surface area contributed by atoms with Crippen LogP contribution in [0.2, 0.25) is 5.02 Å². The van der Waals surface area contributed by atoms with E-state index < -0.39 is 0 Å². The van der Waals surface area contributed by atoms with E-state index in [4.69, 9.17) is 17.3 Å². The Bertz CT molecular complexity index is 669. The minimum Gasteiger partial charge on any atom is -0.326 e. The number of hydrogen-bond donors (Lipinski definition) is 1. The van der Waals surface area contributed by atoms with Crippen LogP contribution in [0.4, 0.5) is 5.69 Å². The summed E-state index contributed by atoms with van der Waals surface area (Å²) < 4.78 is 0. The highest BCUT2D eigenvalue weighted by Crippen LogP contribution is 2.32. The topological polar surface area (TPSA) is 46.3 Å². The summed E-state index contributed by atoms with van der Waals surface area (Å²) in [4.78, 5) is 16.0. The lowest BCUT2D eigenvalue weighted by atomic mass is 10.1. The van der Waals surface area contributed by atoms with Crippen LogP contribution < -0.4 is 10.6 Å². The highest BCUT2D eigenvalue weighted by Gasteiger charge is 2.23. The van der Waals surface area contributed by atoms with Crippen molar-refractivity contribution in [3.63, 3.8) is 0 Å². The number of carbonyl (C=O) groups is 1. The lowest BCUT2D eigenvalue weighted by Gasteiger charge is -2.21. The van der Waals surface area contributed by atoms with Crippen LogP contribution >= 0.6 is 22.9 Å². The zero-order chi connectivity index (χ0) is 16.8. The van der Waals surface area contributed by atoms with Crippen molar-refractivity contribution >= 4 is 34.5 Å². The van der Waals surface area contributed by atoms with Gasteiger partial charge in [0.05, 0.1) is 5.69 Å². The number of thiophene rings is 1. The molecule has 0 unspecified atom stereocenters. The maximum absolute atomic E-state index is 12.8. The molecule has 1 aliphatic heterocycles. The lowest BCUT2D eigenvalue weighted by Crippen LogP contribution is -2.31. The second-order valence-corrected chi connectivity index (χ2v) is 6.56. The lowest BCUT2D eigenvalue weighted by molar-refractivity contribution is 0.0987. The van der Waals surface area contributed by atoms with Gasteiger partial charge in [-0.3, -0.25) is 4.79 Å². The number of nitrogens with zero attached hydrogens (tertiary/aromatic N) is 1. The molecule has 3 nitrogen and oxygen atoms in total. The molecule has 1 aromatic heterocycles. The number of anilines is 1. The third-order valence-corrected chi connectivity index (χ3v) is 5.14. The van der Waals surface area contributed by atoms with Gasteiger partial charge in [0.2, 0.25) is 0 Å². The Morgan fingerprint density at radius 1 is 1.30 bits per heavy atom. The van der Waals surface area contributed by atoms with Crippen LogP contribution in [0.5, 0.6) is 0 Å². The molecule has 3 rings (SSSR count). The second kappa shape index (κ2) is 8.48. The molecule has 1 amide bonds. The van der Waals surface area contributed by atoms with E-state index in [1.165, 1.54) is 4.88 Å². The molecule has 0 bridgehead atoms. The van der Waals surface area contributed by atoms with Crippen molar-refractivity contribution in [2.45, 2.75) is 39.7 Å². The Hall–Kier alpha value is -1.36. The number of amides is 1. The Morgan fingerprint density at radius 2 is 2.09 bits per heavy atom. The number of carbonyl (C=O) groups excluding carboxylic acids is 1. The van der Waals surface area contributed by atoms with Crippen molar-refractivity contribution in [1.29, 1.82) is 0 Å². The fraction of sp³-hybridized carbons (Fsp3) is 0.389. The summed E-state index contributed by atoms with van der Waals surface area (Å²) in [5.41, 5.74) is 8.15. The zero-order valence-electron chi connectivity index (χ0n) is 13.6. The summed E-state index contributed by atoms with van der Waals surface area (Å²) >= 11 is 7.90. The van der Waals surface area contributed by atoms with Crippen molar-refractivity contribution in [2.24, 2.45) is 5.73 Å². The molecule has 2 aromatic rings. The van der Waals surface area contributed by atoms with Crippen LogP contribution in [-0.2, 0) is 13.0 Å². The van der Waals surface area contributed by atoms with E-state index in [9.17, 15) is 4.79 Å². The van der Waals surface area contributed by atoms with Crippen molar-refractivity contribution in [3.8, 4) is 0 Å². The molecule has 0 saturated carbocycles. The van der Waals surface area contributed by atoms with E-state index >= 15 is 0 Å². The van der Waals surface area contributed by atoms with Gasteiger partial charge in [-0.1, -0.05) is 31.5 Å². The Kier molecular flexibility index (Phi) is 6.63. The number of rotatable bonds is 2. The van der Waals surface area contributed by atoms with Gasteiger partial charge in [-0.05, 0) is 48.4 Å². The van der Waals surface area contributed by atoms with Gasteiger partial charge in [-0.15, -0.1) is 11.3 Å². The third kappa shape index (κ3) is 3.94. The maximum Gasteiger partial charge on any atom is 0.258 e. The van der Waals surface area contributed by atoms with Crippen LogP contribution in [0.3, 0.4) is 0 Å². The molecule has 0 radical (unpaired) electrons. The number of benzene rings is 1. The Balaban J connectivity index is 0.000000924. The first kappa shape index (κ1) is 18.0. The first-order valence-corrected chi connectivity index (χ1v) is 9.33. The standard InChI is InChI=1S/C16H17ClN2OS.C2H6/c17-13-9-11(4-5-12(13)10-18)16(20)19-7-2-1-3-15-14(19)6-8-21-15;1-2/h4-6,8-9H,1-3,7,10,18H2;1-2H3. The van der Waals surface area contributed by atoms with E-state index in [0.717, 1.165) is 37.1 Å². The van der Waals surface area contributed by atoms with Crippen molar-refractivity contribution in [3.05, 3.63) is 50.7 Å². The Morgan fingerprint density at radius 3 is 2.78 bits per heavy atom. The number of aryl methyl sites for hydroxylation is 1. The largest absolute Gasteiger partial charge is 0.326 e. The van der Waals surface area contributed by atoms with Gasteiger partial charge >= 0.3 is 0 Å². The molecule has 0 fully saturated rings. The summed E-state index contributed by atoms with van der Waals surface area (Å²) in [6.07, 6.45) is 3.22. The summed E-state index contributed by atoms with van der Waals surface area (Å²) in [5.74, 6) is 0.0158. The molecule has 124 valence electrons. The van der Waals surface area contributed by atoms with Crippen LogP contribution in [0.15, 0.2) is 29.6 Å². The fourth-order valence-corrected chi connectivity index (χ4v) is 3.83. The van der Waals surface area contributed by atoms with Crippen LogP contribution in [0.1, 0.15) is 47.5 Å². The fourth-order valence-electron chi connectivity index (χ4n) is 2.65. The van der Waals surface area contributed by atoms with Crippen LogP contribution in [-0.4, -0.2) is 12.5 Å². The minimum atomic E-state index is 0.0158. The monoisotopic (exact) mass is 350 g/mol. The van der Waals surface area contributed by atoms with Crippen molar-refractivity contribution < 1.29 is 4.79 Å². The molecule has 0 atom stereocenters. The second-order valence-electron chi connectivity index (χ2n) is 5.15. The summed E-state index contributed by atoms with van der Waals surface area (Å²) in [6.45, 7) is 5.14. The van der Waals surface area contributed by atoms with E-state index in [0.29, 0.717) is 17.1 Å². The highest BCUT2D eigenvalue weighted by molar-refractivity contribution is 7.10. The number of halogens is 1. The van der Waals surface area contributed by atoms with E-state index in [1.807, 2.05) is 36.9 Å². The Labute approximate surface area is 147 Å². The van der Waals surface area contributed by atoms with Gasteiger partial charge in [0.15, 0.2) is 0 Å². The summed E-state index contributed by atoms with van der Waals surface area (Å²) in [7, 11) is 0. The number of hydrogen-bond acceptors (Lipinski definition) is 3. The van der Waals surface area contributed by atoms with Gasteiger partial charge in [0.25, 0.3) is 5.91 Å². The van der Waals surface area contributed by atoms with Gasteiger partial charge in [-0.2, -0.15) is 0 Å². The first-order valence-electron chi connectivity index (χ1n) is 8.07. The molecular weight excluding hydrogens is 328 g/mol. The van der Waals surface area contributed by atoms with Gasteiger partial charge < -0.3 is 10.6 Å².